The highest BCUT2D eigenvalue weighted by Crippen LogP contribution is 2.67. The summed E-state index contributed by atoms with van der Waals surface area (Å²) in [5, 5.41) is 0. The number of carbonyl (C=O) groups is 1. The van der Waals surface area contributed by atoms with Gasteiger partial charge in [-0.05, 0) is 54.5 Å². The Morgan fingerprint density at radius 3 is 2.07 bits per heavy atom. The summed E-state index contributed by atoms with van der Waals surface area (Å²) in [5.41, 5.74) is -0.158. The molecule has 1 aromatic carbocycles. The second kappa shape index (κ2) is 8.59. The van der Waals surface area contributed by atoms with E-state index in [0.717, 1.165) is 0 Å². The number of fused-ring (bicyclic) bond motifs is 1. The summed E-state index contributed by atoms with van der Waals surface area (Å²) in [6.07, 6.45) is -0.862. The molecule has 7 heteroatoms. The fourth-order valence-electron chi connectivity index (χ4n) is 3.04. The van der Waals surface area contributed by atoms with Gasteiger partial charge in [-0.15, -0.1) is 0 Å². The van der Waals surface area contributed by atoms with Gasteiger partial charge in [0.15, 0.2) is 0 Å². The molecular formula is C20H29O6P. The van der Waals surface area contributed by atoms with Crippen LogP contribution >= 0.6 is 7.60 Å². The van der Waals surface area contributed by atoms with E-state index in [1.54, 1.807) is 58.9 Å². The van der Waals surface area contributed by atoms with Crippen molar-refractivity contribution in [3.05, 3.63) is 41.2 Å². The Morgan fingerprint density at radius 2 is 1.56 bits per heavy atom. The van der Waals surface area contributed by atoms with E-state index < -0.39 is 19.2 Å². The van der Waals surface area contributed by atoms with E-state index in [0.29, 0.717) is 17.1 Å². The number of rotatable bonds is 7. The highest BCUT2D eigenvalue weighted by atomic mass is 31.2. The number of esters is 1. The Labute approximate surface area is 161 Å². The topological polar surface area (TPSA) is 71.1 Å². The molecule has 0 aromatic heterocycles. The van der Waals surface area contributed by atoms with Crippen molar-refractivity contribution in [2.75, 3.05) is 0 Å². The molecule has 6 nitrogen and oxygen atoms in total. The standard InChI is InChI=1S/C20H29O6P/c1-12(2)23-15(7)18-19(27(22,25-13(3)4)26-14(5)6)16-10-8-9-11-17(16)24-20(18)21/h8-14,19H,1-7H3/b18-15-. The van der Waals surface area contributed by atoms with Crippen LogP contribution in [0.2, 0.25) is 0 Å². The largest absolute Gasteiger partial charge is 0.495 e. The van der Waals surface area contributed by atoms with Gasteiger partial charge in [0.2, 0.25) is 0 Å². The van der Waals surface area contributed by atoms with Crippen LogP contribution in [0, 0.1) is 0 Å². The molecule has 1 atom stereocenters. The Morgan fingerprint density at radius 1 is 1.00 bits per heavy atom. The lowest BCUT2D eigenvalue weighted by molar-refractivity contribution is -0.131. The van der Waals surface area contributed by atoms with Crippen molar-refractivity contribution < 1.29 is 27.9 Å². The van der Waals surface area contributed by atoms with Gasteiger partial charge in [0, 0.05) is 5.56 Å². The quantitative estimate of drug-likeness (QED) is 0.202. The first-order valence-electron chi connectivity index (χ1n) is 9.20. The van der Waals surface area contributed by atoms with Gasteiger partial charge in [-0.2, -0.15) is 0 Å². The molecular weight excluding hydrogens is 367 g/mol. The fraction of sp³-hybridized carbons (Fsp3) is 0.550. The highest BCUT2D eigenvalue weighted by molar-refractivity contribution is 7.54. The van der Waals surface area contributed by atoms with Crippen LogP contribution in [0.15, 0.2) is 35.6 Å². The van der Waals surface area contributed by atoms with E-state index in [1.165, 1.54) is 0 Å². The monoisotopic (exact) mass is 396 g/mol. The highest BCUT2D eigenvalue weighted by Gasteiger charge is 2.49. The predicted octanol–water partition coefficient (Wildman–Crippen LogP) is 5.39. The molecule has 1 aromatic rings. The van der Waals surface area contributed by atoms with Crippen LogP contribution in [0.1, 0.15) is 59.7 Å². The maximum atomic E-state index is 14.0. The van der Waals surface area contributed by atoms with E-state index in [1.807, 2.05) is 13.8 Å². The van der Waals surface area contributed by atoms with Crippen LogP contribution in [0.3, 0.4) is 0 Å². The Kier molecular flexibility index (Phi) is 6.90. The third-order valence-electron chi connectivity index (χ3n) is 3.73. The minimum absolute atomic E-state index is 0.153. The molecule has 0 aliphatic carbocycles. The number of ether oxygens (including phenoxy) is 2. The molecule has 1 unspecified atom stereocenters. The number of hydrogen-bond donors (Lipinski definition) is 0. The minimum Gasteiger partial charge on any atom is -0.495 e. The first-order valence-corrected chi connectivity index (χ1v) is 10.8. The number of allylic oxidation sites excluding steroid dienone is 1. The molecule has 2 rings (SSSR count). The van der Waals surface area contributed by atoms with Crippen LogP contribution in [-0.4, -0.2) is 24.3 Å². The molecule has 0 N–H and O–H groups in total. The van der Waals surface area contributed by atoms with Gasteiger partial charge in [-0.3, -0.25) is 4.57 Å². The second-order valence-electron chi connectivity index (χ2n) is 7.31. The summed E-state index contributed by atoms with van der Waals surface area (Å²) in [4.78, 5) is 12.8. The molecule has 0 saturated carbocycles. The van der Waals surface area contributed by atoms with Crippen molar-refractivity contribution >= 4 is 13.6 Å². The van der Waals surface area contributed by atoms with Gasteiger partial charge in [-0.1, -0.05) is 18.2 Å². The lowest BCUT2D eigenvalue weighted by Gasteiger charge is -2.34. The number of carbonyl (C=O) groups excluding carboxylic acids is 1. The second-order valence-corrected chi connectivity index (χ2v) is 9.33. The van der Waals surface area contributed by atoms with Gasteiger partial charge in [-0.25, -0.2) is 4.79 Å². The molecule has 0 radical (unpaired) electrons. The molecule has 0 bridgehead atoms. The van der Waals surface area contributed by atoms with Crippen molar-refractivity contribution in [2.45, 2.75) is 72.4 Å². The number of hydrogen-bond acceptors (Lipinski definition) is 6. The van der Waals surface area contributed by atoms with Crippen LogP contribution in [0.25, 0.3) is 0 Å². The summed E-state index contributed by atoms with van der Waals surface area (Å²) < 4.78 is 36.8. The summed E-state index contributed by atoms with van der Waals surface area (Å²) in [5.74, 6) is 0.111. The average Bonchev–Trinajstić information content (AvgIpc) is 2.50. The van der Waals surface area contributed by atoms with Gasteiger partial charge < -0.3 is 18.5 Å². The zero-order valence-corrected chi connectivity index (χ0v) is 17.9. The first kappa shape index (κ1) is 21.7. The number of benzene rings is 1. The molecule has 0 saturated heterocycles. The molecule has 0 amide bonds. The van der Waals surface area contributed by atoms with Crippen LogP contribution < -0.4 is 4.74 Å². The third-order valence-corrected chi connectivity index (χ3v) is 6.33. The van der Waals surface area contributed by atoms with Crippen molar-refractivity contribution in [1.29, 1.82) is 0 Å². The summed E-state index contributed by atoms with van der Waals surface area (Å²) in [6, 6.07) is 7.00. The van der Waals surface area contributed by atoms with Crippen molar-refractivity contribution in [2.24, 2.45) is 0 Å². The first-order chi connectivity index (χ1) is 12.5. The molecule has 1 aliphatic rings. The zero-order chi connectivity index (χ0) is 20.4. The van der Waals surface area contributed by atoms with Gasteiger partial charge in [0.25, 0.3) is 0 Å². The van der Waals surface area contributed by atoms with E-state index >= 15 is 0 Å². The summed E-state index contributed by atoms with van der Waals surface area (Å²) in [7, 11) is -3.77. The average molecular weight is 396 g/mol. The molecule has 27 heavy (non-hydrogen) atoms. The summed E-state index contributed by atoms with van der Waals surface area (Å²) >= 11 is 0. The predicted molar refractivity (Wildman–Crippen MR) is 104 cm³/mol. The van der Waals surface area contributed by atoms with Crippen molar-refractivity contribution in [3.63, 3.8) is 0 Å². The van der Waals surface area contributed by atoms with Gasteiger partial charge in [0.05, 0.1) is 23.9 Å². The van der Waals surface area contributed by atoms with E-state index in [-0.39, 0.29) is 23.9 Å². The SMILES string of the molecule is C/C(OC(C)C)=C1/C(=O)Oc2ccccc2C1P(=O)(OC(C)C)OC(C)C. The van der Waals surface area contributed by atoms with Crippen LogP contribution in [-0.2, 0) is 23.1 Å². The zero-order valence-electron chi connectivity index (χ0n) is 17.0. The smallest absolute Gasteiger partial charge is 0.344 e. The van der Waals surface area contributed by atoms with Gasteiger partial charge in [0.1, 0.15) is 17.2 Å². The Bertz CT molecular complexity index is 751. The minimum atomic E-state index is -3.77. The lowest BCUT2D eigenvalue weighted by Crippen LogP contribution is -2.28. The van der Waals surface area contributed by atoms with Gasteiger partial charge >= 0.3 is 13.6 Å². The number of para-hydroxylation sites is 1. The van der Waals surface area contributed by atoms with Crippen LogP contribution in [0.5, 0.6) is 5.75 Å². The molecule has 0 spiro atoms. The van der Waals surface area contributed by atoms with Crippen molar-refractivity contribution in [3.8, 4) is 5.75 Å². The lowest BCUT2D eigenvalue weighted by atomic mass is 10.00. The van der Waals surface area contributed by atoms with E-state index in [9.17, 15) is 9.36 Å². The fourth-order valence-corrected chi connectivity index (χ4v) is 5.66. The molecule has 150 valence electrons. The summed E-state index contributed by atoms with van der Waals surface area (Å²) in [6.45, 7) is 12.5. The Balaban J connectivity index is 2.73. The van der Waals surface area contributed by atoms with Crippen LogP contribution in [0.4, 0.5) is 0 Å². The maximum absolute atomic E-state index is 14.0. The Hall–Kier alpha value is -1.62. The molecule has 1 aliphatic heterocycles. The van der Waals surface area contributed by atoms with Crippen molar-refractivity contribution in [1.82, 2.24) is 0 Å². The molecule has 0 fully saturated rings. The third kappa shape index (κ3) is 5.01. The molecule has 1 heterocycles. The maximum Gasteiger partial charge on any atom is 0.344 e. The van der Waals surface area contributed by atoms with E-state index in [4.69, 9.17) is 18.5 Å². The normalized spacial score (nSPS) is 19.3. The van der Waals surface area contributed by atoms with E-state index in [2.05, 4.69) is 0 Å².